The van der Waals surface area contributed by atoms with Crippen molar-refractivity contribution in [2.75, 3.05) is 20.3 Å². The topological polar surface area (TPSA) is 27.7 Å². The number of hydrogen-bond donors (Lipinski definition) is 0. The molecule has 1 aromatic carbocycles. The lowest BCUT2D eigenvalue weighted by Crippen LogP contribution is -2.18. The highest BCUT2D eigenvalue weighted by atomic mass is 79.9. The molecule has 0 aromatic heterocycles. The van der Waals surface area contributed by atoms with Crippen LogP contribution in [0.15, 0.2) is 22.7 Å². The molecule has 0 unspecified atom stereocenters. The second-order valence-corrected chi connectivity index (χ2v) is 3.90. The van der Waals surface area contributed by atoms with Crippen molar-refractivity contribution in [1.29, 1.82) is 0 Å². The van der Waals surface area contributed by atoms with Crippen molar-refractivity contribution in [3.63, 3.8) is 0 Å². The fourth-order valence-electron chi connectivity index (χ4n) is 1.04. The zero-order valence-electron chi connectivity index (χ0n) is 8.88. The molecule has 0 heterocycles. The Balaban J connectivity index is 2.80. The lowest BCUT2D eigenvalue weighted by atomic mass is 10.3. The maximum Gasteiger partial charge on any atom is 0.573 e. The van der Waals surface area contributed by atoms with Gasteiger partial charge in [-0.3, -0.25) is 0 Å². The number of benzene rings is 1. The van der Waals surface area contributed by atoms with Gasteiger partial charge in [0.1, 0.15) is 6.61 Å². The molecule has 0 bridgehead atoms. The van der Waals surface area contributed by atoms with E-state index in [-0.39, 0.29) is 24.7 Å². The second kappa shape index (κ2) is 6.11. The van der Waals surface area contributed by atoms with E-state index in [0.717, 1.165) is 0 Å². The number of hydrogen-bond acceptors (Lipinski definition) is 3. The van der Waals surface area contributed by atoms with Crippen LogP contribution in [0.1, 0.15) is 0 Å². The van der Waals surface area contributed by atoms with Crippen LogP contribution in [0.25, 0.3) is 0 Å². The first-order chi connectivity index (χ1) is 7.92. The number of alkyl halides is 3. The minimum Gasteiger partial charge on any atom is -0.487 e. The molecule has 0 aliphatic carbocycles. The van der Waals surface area contributed by atoms with Crippen LogP contribution < -0.4 is 9.47 Å². The molecule has 0 spiro atoms. The molecule has 0 aliphatic heterocycles. The molecule has 0 saturated carbocycles. The normalized spacial score (nSPS) is 11.4. The van der Waals surface area contributed by atoms with E-state index in [1.54, 1.807) is 6.07 Å². The number of rotatable bonds is 5. The summed E-state index contributed by atoms with van der Waals surface area (Å²) in [6.45, 7) is 0.424. The lowest BCUT2D eigenvalue weighted by molar-refractivity contribution is -0.275. The van der Waals surface area contributed by atoms with Gasteiger partial charge >= 0.3 is 6.36 Å². The Morgan fingerprint density at radius 1 is 1.18 bits per heavy atom. The Bertz CT molecular complexity index is 368. The summed E-state index contributed by atoms with van der Waals surface area (Å²) in [7, 11) is 1.47. The third kappa shape index (κ3) is 5.27. The largest absolute Gasteiger partial charge is 0.573 e. The van der Waals surface area contributed by atoms with Crippen LogP contribution >= 0.6 is 15.9 Å². The van der Waals surface area contributed by atoms with Gasteiger partial charge in [0.05, 0.1) is 6.61 Å². The van der Waals surface area contributed by atoms with Crippen molar-refractivity contribution in [2.45, 2.75) is 6.36 Å². The highest BCUT2D eigenvalue weighted by Crippen LogP contribution is 2.34. The molecule has 0 atom stereocenters. The van der Waals surface area contributed by atoms with Gasteiger partial charge in [-0.15, -0.1) is 13.2 Å². The van der Waals surface area contributed by atoms with Gasteiger partial charge in [0.15, 0.2) is 11.5 Å². The molecule has 7 heteroatoms. The molecular weight excluding hydrogens is 305 g/mol. The van der Waals surface area contributed by atoms with Crippen molar-refractivity contribution in [1.82, 2.24) is 0 Å². The molecule has 3 nitrogen and oxygen atoms in total. The fourth-order valence-corrected chi connectivity index (χ4v) is 1.38. The van der Waals surface area contributed by atoms with Crippen molar-refractivity contribution in [3.8, 4) is 11.5 Å². The van der Waals surface area contributed by atoms with Crippen molar-refractivity contribution >= 4 is 15.9 Å². The molecule has 0 aliphatic rings. The predicted octanol–water partition coefficient (Wildman–Crippen LogP) is 3.37. The monoisotopic (exact) mass is 314 g/mol. The highest BCUT2D eigenvalue weighted by molar-refractivity contribution is 9.10. The summed E-state index contributed by atoms with van der Waals surface area (Å²) in [5.74, 6) is -0.370. The molecule has 96 valence electrons. The summed E-state index contributed by atoms with van der Waals surface area (Å²) < 4.78 is 50.5. The van der Waals surface area contributed by atoms with E-state index in [1.165, 1.54) is 19.2 Å². The van der Waals surface area contributed by atoms with E-state index < -0.39 is 6.36 Å². The average molecular weight is 315 g/mol. The third-order valence-corrected chi connectivity index (χ3v) is 2.17. The zero-order chi connectivity index (χ0) is 12.9. The molecule has 0 fully saturated rings. The van der Waals surface area contributed by atoms with Crippen molar-refractivity contribution in [3.05, 3.63) is 22.7 Å². The quantitative estimate of drug-likeness (QED) is 0.780. The molecular formula is C10H10BrF3O3. The number of halogens is 4. The standard InChI is InChI=1S/C10H10BrF3O3/c1-15-4-5-16-8-3-2-7(11)6-9(8)17-10(12,13)14/h2-3,6H,4-5H2,1H3. The van der Waals surface area contributed by atoms with Crippen LogP contribution in [0, 0.1) is 0 Å². The van der Waals surface area contributed by atoms with Crippen LogP contribution in [-0.2, 0) is 4.74 Å². The average Bonchev–Trinajstić information content (AvgIpc) is 2.19. The Morgan fingerprint density at radius 2 is 1.88 bits per heavy atom. The van der Waals surface area contributed by atoms with Crippen molar-refractivity contribution < 1.29 is 27.4 Å². The first-order valence-corrected chi connectivity index (χ1v) is 5.38. The van der Waals surface area contributed by atoms with Crippen LogP contribution in [0.5, 0.6) is 11.5 Å². The smallest absolute Gasteiger partial charge is 0.487 e. The summed E-state index contributed by atoms with van der Waals surface area (Å²) >= 11 is 3.06. The van der Waals surface area contributed by atoms with E-state index in [0.29, 0.717) is 4.47 Å². The highest BCUT2D eigenvalue weighted by Gasteiger charge is 2.32. The summed E-state index contributed by atoms with van der Waals surface area (Å²) in [4.78, 5) is 0. The zero-order valence-corrected chi connectivity index (χ0v) is 10.5. The van der Waals surface area contributed by atoms with E-state index in [2.05, 4.69) is 20.7 Å². The van der Waals surface area contributed by atoms with E-state index >= 15 is 0 Å². The fraction of sp³-hybridized carbons (Fsp3) is 0.400. The minimum absolute atomic E-state index is 0.0163. The first-order valence-electron chi connectivity index (χ1n) is 4.59. The van der Waals surface area contributed by atoms with Gasteiger partial charge in [0.2, 0.25) is 0 Å². The van der Waals surface area contributed by atoms with Crippen LogP contribution in [0.2, 0.25) is 0 Å². The molecule has 17 heavy (non-hydrogen) atoms. The first kappa shape index (κ1) is 14.1. The summed E-state index contributed by atoms with van der Waals surface area (Å²) in [5, 5.41) is 0. The van der Waals surface area contributed by atoms with Gasteiger partial charge in [-0.05, 0) is 18.2 Å². The molecule has 0 N–H and O–H groups in total. The SMILES string of the molecule is COCCOc1ccc(Br)cc1OC(F)(F)F. The van der Waals surface area contributed by atoms with Crippen LogP contribution in [-0.4, -0.2) is 26.7 Å². The Kier molecular flexibility index (Phi) is 5.07. The summed E-state index contributed by atoms with van der Waals surface area (Å²) in [5.41, 5.74) is 0. The second-order valence-electron chi connectivity index (χ2n) is 2.98. The van der Waals surface area contributed by atoms with Gasteiger partial charge in [-0.1, -0.05) is 15.9 Å². The van der Waals surface area contributed by atoms with Crippen LogP contribution in [0.4, 0.5) is 13.2 Å². The number of ether oxygens (including phenoxy) is 3. The molecule has 1 aromatic rings. The van der Waals surface area contributed by atoms with E-state index in [1.807, 2.05) is 0 Å². The van der Waals surface area contributed by atoms with Crippen LogP contribution in [0.3, 0.4) is 0 Å². The predicted molar refractivity (Wildman–Crippen MR) is 58.2 cm³/mol. The van der Waals surface area contributed by atoms with Crippen molar-refractivity contribution in [2.24, 2.45) is 0 Å². The Morgan fingerprint density at radius 3 is 2.47 bits per heavy atom. The molecule has 0 saturated heterocycles. The van der Waals surface area contributed by atoms with E-state index in [4.69, 9.17) is 9.47 Å². The minimum atomic E-state index is -4.75. The number of methoxy groups -OCH3 is 1. The maximum atomic E-state index is 12.1. The van der Waals surface area contributed by atoms with Gasteiger partial charge in [0.25, 0.3) is 0 Å². The summed E-state index contributed by atoms with van der Waals surface area (Å²) in [6, 6.07) is 4.14. The molecule has 1 rings (SSSR count). The third-order valence-electron chi connectivity index (χ3n) is 1.68. The molecule has 0 amide bonds. The van der Waals surface area contributed by atoms with Gasteiger partial charge < -0.3 is 14.2 Å². The Hall–Kier alpha value is -0.950. The van der Waals surface area contributed by atoms with E-state index in [9.17, 15) is 13.2 Å². The van der Waals surface area contributed by atoms with Gasteiger partial charge in [0, 0.05) is 11.6 Å². The Labute approximate surface area is 105 Å². The molecule has 0 radical (unpaired) electrons. The summed E-state index contributed by atoms with van der Waals surface area (Å²) in [6.07, 6.45) is -4.75. The maximum absolute atomic E-state index is 12.1. The lowest BCUT2D eigenvalue weighted by Gasteiger charge is -2.14. The van der Waals surface area contributed by atoms with Gasteiger partial charge in [-0.2, -0.15) is 0 Å². The van der Waals surface area contributed by atoms with Gasteiger partial charge in [-0.25, -0.2) is 0 Å².